The van der Waals surface area contributed by atoms with Gasteiger partial charge in [0, 0.05) is 27.6 Å². The molecule has 9 heteroatoms. The van der Waals surface area contributed by atoms with E-state index in [0.29, 0.717) is 31.0 Å². The van der Waals surface area contributed by atoms with Crippen LogP contribution in [0.3, 0.4) is 0 Å². The molecule has 0 aromatic heterocycles. The average Bonchev–Trinajstić information content (AvgIpc) is 3.07. The number of likely N-dealkylation sites (tertiary alicyclic amines) is 1. The SMILES string of the molecule is O=C(CN1C(=O)S/C(=C\c2cc(Br)ccc2OCc2ccc(Br)cc2)C1=O)N1CCCCC1. The van der Waals surface area contributed by atoms with Crippen molar-refractivity contribution in [2.45, 2.75) is 25.9 Å². The summed E-state index contributed by atoms with van der Waals surface area (Å²) >= 11 is 7.72. The Morgan fingerprint density at radius 1 is 1.00 bits per heavy atom. The second kappa shape index (κ2) is 10.9. The Labute approximate surface area is 213 Å². The lowest BCUT2D eigenvalue weighted by molar-refractivity contribution is -0.136. The van der Waals surface area contributed by atoms with Crippen LogP contribution in [0.2, 0.25) is 0 Å². The van der Waals surface area contributed by atoms with Crippen molar-refractivity contribution in [2.75, 3.05) is 19.6 Å². The van der Waals surface area contributed by atoms with Gasteiger partial charge < -0.3 is 9.64 Å². The van der Waals surface area contributed by atoms with Crippen molar-refractivity contribution in [2.24, 2.45) is 0 Å². The second-order valence-corrected chi connectivity index (χ2v) is 10.6. The molecule has 2 aromatic rings. The maximum absolute atomic E-state index is 12.9. The number of piperidine rings is 1. The number of rotatable bonds is 6. The molecule has 2 saturated heterocycles. The molecule has 172 valence electrons. The first-order valence-electron chi connectivity index (χ1n) is 10.6. The van der Waals surface area contributed by atoms with Crippen molar-refractivity contribution >= 4 is 66.8 Å². The highest BCUT2D eigenvalue weighted by Gasteiger charge is 2.37. The summed E-state index contributed by atoms with van der Waals surface area (Å²) in [4.78, 5) is 41.1. The Morgan fingerprint density at radius 2 is 1.70 bits per heavy atom. The van der Waals surface area contributed by atoms with Gasteiger partial charge in [-0.25, -0.2) is 0 Å². The third-order valence-electron chi connectivity index (χ3n) is 5.44. The zero-order chi connectivity index (χ0) is 23.4. The van der Waals surface area contributed by atoms with Gasteiger partial charge in [-0.05, 0) is 73.0 Å². The Bertz CT molecular complexity index is 1100. The molecule has 6 nitrogen and oxygen atoms in total. The van der Waals surface area contributed by atoms with Crippen LogP contribution in [-0.4, -0.2) is 46.5 Å². The van der Waals surface area contributed by atoms with Gasteiger partial charge in [0.1, 0.15) is 18.9 Å². The second-order valence-electron chi connectivity index (χ2n) is 7.81. The predicted molar refractivity (Wildman–Crippen MR) is 136 cm³/mol. The number of carbonyl (C=O) groups is 3. The summed E-state index contributed by atoms with van der Waals surface area (Å²) in [5, 5.41) is -0.427. The maximum atomic E-state index is 12.9. The van der Waals surface area contributed by atoms with E-state index in [4.69, 9.17) is 4.74 Å². The zero-order valence-electron chi connectivity index (χ0n) is 17.8. The lowest BCUT2D eigenvalue weighted by Crippen LogP contribution is -2.44. The normalized spacial score (nSPS) is 17.7. The lowest BCUT2D eigenvalue weighted by Gasteiger charge is -2.27. The summed E-state index contributed by atoms with van der Waals surface area (Å²) in [5.74, 6) is -0.0364. The van der Waals surface area contributed by atoms with Crippen LogP contribution in [0, 0.1) is 0 Å². The summed E-state index contributed by atoms with van der Waals surface area (Å²) in [6, 6.07) is 13.3. The molecule has 4 rings (SSSR count). The molecule has 0 N–H and O–H groups in total. The number of amides is 3. The van der Waals surface area contributed by atoms with Gasteiger partial charge in [-0.15, -0.1) is 0 Å². The number of hydrogen-bond acceptors (Lipinski definition) is 5. The van der Waals surface area contributed by atoms with Gasteiger partial charge in [0.2, 0.25) is 5.91 Å². The Balaban J connectivity index is 1.49. The molecule has 3 amide bonds. The van der Waals surface area contributed by atoms with E-state index < -0.39 is 11.1 Å². The number of ether oxygens (including phenoxy) is 1. The van der Waals surface area contributed by atoms with Gasteiger partial charge in [0.15, 0.2) is 0 Å². The summed E-state index contributed by atoms with van der Waals surface area (Å²) in [6.45, 7) is 1.51. The van der Waals surface area contributed by atoms with Crippen LogP contribution in [0.4, 0.5) is 4.79 Å². The quantitative estimate of drug-likeness (QED) is 0.394. The number of benzene rings is 2. The zero-order valence-corrected chi connectivity index (χ0v) is 21.7. The van der Waals surface area contributed by atoms with E-state index in [1.54, 1.807) is 11.0 Å². The van der Waals surface area contributed by atoms with Crippen molar-refractivity contribution < 1.29 is 19.1 Å². The molecule has 0 bridgehead atoms. The van der Waals surface area contributed by atoms with Crippen LogP contribution >= 0.6 is 43.6 Å². The molecule has 0 radical (unpaired) electrons. The maximum Gasteiger partial charge on any atom is 0.294 e. The number of imide groups is 1. The largest absolute Gasteiger partial charge is 0.488 e. The minimum absolute atomic E-state index is 0.181. The minimum Gasteiger partial charge on any atom is -0.488 e. The number of halogens is 2. The molecular formula is C24H22Br2N2O4S. The van der Waals surface area contributed by atoms with Crippen molar-refractivity contribution in [3.8, 4) is 5.75 Å². The predicted octanol–water partition coefficient (Wildman–Crippen LogP) is 5.84. The third-order valence-corrected chi connectivity index (χ3v) is 7.37. The highest BCUT2D eigenvalue weighted by atomic mass is 79.9. The molecule has 2 aliphatic heterocycles. The van der Waals surface area contributed by atoms with E-state index in [0.717, 1.165) is 50.4 Å². The van der Waals surface area contributed by atoms with E-state index in [9.17, 15) is 14.4 Å². The van der Waals surface area contributed by atoms with Crippen LogP contribution in [0.25, 0.3) is 6.08 Å². The molecule has 0 aliphatic carbocycles. The number of thioether (sulfide) groups is 1. The van der Waals surface area contributed by atoms with E-state index in [2.05, 4.69) is 31.9 Å². The van der Waals surface area contributed by atoms with Crippen molar-refractivity contribution in [1.82, 2.24) is 9.80 Å². The van der Waals surface area contributed by atoms with Gasteiger partial charge in [-0.2, -0.15) is 0 Å². The standard InChI is InChI=1S/C24H22Br2N2O4S/c25-18-6-4-16(5-7-18)15-32-20-9-8-19(26)12-17(20)13-21-23(30)28(24(31)33-21)14-22(29)27-10-2-1-3-11-27/h4-9,12-13H,1-3,10-11,14-15H2/b21-13-. The molecule has 0 unspecified atom stereocenters. The first-order valence-corrected chi connectivity index (χ1v) is 13.0. The molecule has 33 heavy (non-hydrogen) atoms. The Morgan fingerprint density at radius 3 is 2.42 bits per heavy atom. The van der Waals surface area contributed by atoms with Crippen LogP contribution in [0.15, 0.2) is 56.3 Å². The fourth-order valence-corrected chi connectivity index (χ4v) is 5.13. The molecule has 2 heterocycles. The van der Waals surface area contributed by atoms with Crippen molar-refractivity contribution in [3.05, 3.63) is 67.4 Å². The average molecular weight is 594 g/mol. The molecule has 2 aliphatic rings. The summed E-state index contributed by atoms with van der Waals surface area (Å²) < 4.78 is 7.81. The van der Waals surface area contributed by atoms with Gasteiger partial charge in [0.25, 0.3) is 11.1 Å². The smallest absolute Gasteiger partial charge is 0.294 e. The number of carbonyl (C=O) groups excluding carboxylic acids is 3. The van der Waals surface area contributed by atoms with Gasteiger partial charge in [-0.1, -0.05) is 44.0 Å². The summed E-state index contributed by atoms with van der Waals surface area (Å²) in [6.07, 6.45) is 4.67. The molecule has 0 saturated carbocycles. The molecule has 2 fully saturated rings. The topological polar surface area (TPSA) is 66.9 Å². The minimum atomic E-state index is -0.450. The highest BCUT2D eigenvalue weighted by Crippen LogP contribution is 2.35. The van der Waals surface area contributed by atoms with Gasteiger partial charge in [-0.3, -0.25) is 19.3 Å². The molecule has 0 atom stereocenters. The molecule has 0 spiro atoms. The molecule has 2 aromatic carbocycles. The van der Waals surface area contributed by atoms with Gasteiger partial charge in [0.05, 0.1) is 4.91 Å². The first-order chi connectivity index (χ1) is 15.9. The summed E-state index contributed by atoms with van der Waals surface area (Å²) in [5.41, 5.74) is 1.68. The Hall–Kier alpha value is -2.10. The van der Waals surface area contributed by atoms with Crippen molar-refractivity contribution in [1.29, 1.82) is 0 Å². The Kier molecular flexibility index (Phi) is 7.93. The number of nitrogens with zero attached hydrogens (tertiary/aromatic N) is 2. The van der Waals surface area contributed by atoms with E-state index in [1.165, 1.54) is 0 Å². The van der Waals surface area contributed by atoms with E-state index in [-0.39, 0.29) is 17.4 Å². The highest BCUT2D eigenvalue weighted by molar-refractivity contribution is 9.10. The fourth-order valence-electron chi connectivity index (χ4n) is 3.66. The van der Waals surface area contributed by atoms with Crippen molar-refractivity contribution in [3.63, 3.8) is 0 Å². The van der Waals surface area contributed by atoms with E-state index in [1.807, 2.05) is 42.5 Å². The fraction of sp³-hybridized carbons (Fsp3) is 0.292. The van der Waals surface area contributed by atoms with E-state index >= 15 is 0 Å². The molecular weight excluding hydrogens is 572 g/mol. The van der Waals surface area contributed by atoms with Crippen LogP contribution in [-0.2, 0) is 16.2 Å². The lowest BCUT2D eigenvalue weighted by atomic mass is 10.1. The van der Waals surface area contributed by atoms with Crippen LogP contribution < -0.4 is 4.74 Å². The third kappa shape index (κ3) is 6.07. The van der Waals surface area contributed by atoms with Crippen LogP contribution in [0.5, 0.6) is 5.75 Å². The van der Waals surface area contributed by atoms with Crippen LogP contribution in [0.1, 0.15) is 30.4 Å². The number of hydrogen-bond donors (Lipinski definition) is 0. The summed E-state index contributed by atoms with van der Waals surface area (Å²) in [7, 11) is 0. The monoisotopic (exact) mass is 592 g/mol. The van der Waals surface area contributed by atoms with Gasteiger partial charge >= 0.3 is 0 Å². The first kappa shape index (κ1) is 24.0.